The van der Waals surface area contributed by atoms with Crippen molar-refractivity contribution in [3.05, 3.63) is 41.9 Å². The third kappa shape index (κ3) is 3.80. The summed E-state index contributed by atoms with van der Waals surface area (Å²) in [5, 5.41) is 14.1. The molecule has 3 N–H and O–H groups in total. The zero-order chi connectivity index (χ0) is 17.6. The molecule has 0 unspecified atom stereocenters. The molecule has 8 heteroatoms. The molecule has 0 amide bonds. The van der Waals surface area contributed by atoms with Crippen LogP contribution in [0.1, 0.15) is 18.2 Å². The van der Waals surface area contributed by atoms with Gasteiger partial charge in [0.1, 0.15) is 29.4 Å². The lowest BCUT2D eigenvalue weighted by molar-refractivity contribution is 0.122. The molecule has 2 aromatic rings. The van der Waals surface area contributed by atoms with Crippen molar-refractivity contribution < 1.29 is 14.6 Å². The van der Waals surface area contributed by atoms with Gasteiger partial charge in [-0.05, 0) is 19.1 Å². The number of anilines is 1. The Morgan fingerprint density at radius 1 is 1.32 bits per heavy atom. The van der Waals surface area contributed by atoms with E-state index in [2.05, 4.69) is 20.0 Å². The number of benzene rings is 1. The van der Waals surface area contributed by atoms with Crippen molar-refractivity contribution in [1.82, 2.24) is 9.97 Å². The minimum atomic E-state index is 0.0293. The molecule has 1 aliphatic heterocycles. The van der Waals surface area contributed by atoms with Crippen LogP contribution in [0.25, 0.3) is 0 Å². The van der Waals surface area contributed by atoms with Crippen molar-refractivity contribution in [2.24, 2.45) is 10.9 Å². The quantitative estimate of drug-likeness (QED) is 0.476. The summed E-state index contributed by atoms with van der Waals surface area (Å²) in [5.41, 5.74) is 1.41. The first kappa shape index (κ1) is 17.0. The number of hydrogen-bond acceptors (Lipinski definition) is 8. The summed E-state index contributed by atoms with van der Waals surface area (Å²) < 4.78 is 10.7. The topological polar surface area (TPSA) is 106 Å². The van der Waals surface area contributed by atoms with Gasteiger partial charge in [0.2, 0.25) is 0 Å². The summed E-state index contributed by atoms with van der Waals surface area (Å²) in [6, 6.07) is 6.82. The summed E-state index contributed by atoms with van der Waals surface area (Å²) >= 11 is 0. The standard InChI is InChI=1S/C17H21N5O3/c1-2-25-12-3-4-13(15(23)9-12)17(21-18)14-10-16(20-11-19-14)22-5-7-24-8-6-22/h3-4,9-11,23H,2,5-8,18H2,1H3/b21-17+. The highest BCUT2D eigenvalue weighted by Gasteiger charge is 2.18. The molecule has 1 fully saturated rings. The minimum Gasteiger partial charge on any atom is -0.507 e. The molecule has 1 aromatic carbocycles. The number of phenols is 1. The number of morpholine rings is 1. The first-order valence-corrected chi connectivity index (χ1v) is 8.12. The van der Waals surface area contributed by atoms with Crippen LogP contribution in [0.3, 0.4) is 0 Å². The molecular formula is C17H21N5O3. The molecule has 0 aliphatic carbocycles. The number of phenolic OH excluding ortho intramolecular Hbond substituents is 1. The molecule has 0 bridgehead atoms. The summed E-state index contributed by atoms with van der Waals surface area (Å²) in [4.78, 5) is 10.7. The fourth-order valence-corrected chi connectivity index (χ4v) is 2.68. The third-order valence-electron chi connectivity index (χ3n) is 3.89. The first-order chi connectivity index (χ1) is 12.2. The Hall–Kier alpha value is -2.87. The number of ether oxygens (including phenoxy) is 2. The van der Waals surface area contributed by atoms with E-state index in [0.29, 0.717) is 42.5 Å². The van der Waals surface area contributed by atoms with Crippen molar-refractivity contribution in [2.45, 2.75) is 6.92 Å². The van der Waals surface area contributed by atoms with Crippen molar-refractivity contribution in [3.63, 3.8) is 0 Å². The molecule has 0 saturated carbocycles. The van der Waals surface area contributed by atoms with Crippen LogP contribution in [0, 0.1) is 0 Å². The lowest BCUT2D eigenvalue weighted by Gasteiger charge is -2.27. The highest BCUT2D eigenvalue weighted by molar-refractivity contribution is 6.13. The summed E-state index contributed by atoms with van der Waals surface area (Å²) in [5.74, 6) is 6.97. The van der Waals surface area contributed by atoms with E-state index < -0.39 is 0 Å². The second-order valence-corrected chi connectivity index (χ2v) is 5.45. The van der Waals surface area contributed by atoms with E-state index >= 15 is 0 Å². The van der Waals surface area contributed by atoms with Crippen LogP contribution in [-0.4, -0.2) is 53.7 Å². The number of hydrazone groups is 1. The van der Waals surface area contributed by atoms with Crippen LogP contribution in [0.15, 0.2) is 35.7 Å². The van der Waals surface area contributed by atoms with Gasteiger partial charge in [0.25, 0.3) is 0 Å². The van der Waals surface area contributed by atoms with Crippen molar-refractivity contribution in [1.29, 1.82) is 0 Å². The molecule has 0 radical (unpaired) electrons. The van der Waals surface area contributed by atoms with Crippen LogP contribution in [0.2, 0.25) is 0 Å². The monoisotopic (exact) mass is 343 g/mol. The van der Waals surface area contributed by atoms with Gasteiger partial charge < -0.3 is 25.3 Å². The second-order valence-electron chi connectivity index (χ2n) is 5.45. The van der Waals surface area contributed by atoms with Gasteiger partial charge in [0, 0.05) is 30.8 Å². The molecule has 8 nitrogen and oxygen atoms in total. The third-order valence-corrected chi connectivity index (χ3v) is 3.89. The van der Waals surface area contributed by atoms with Gasteiger partial charge in [-0.1, -0.05) is 0 Å². The molecule has 3 rings (SSSR count). The van der Waals surface area contributed by atoms with Crippen LogP contribution < -0.4 is 15.5 Å². The van der Waals surface area contributed by atoms with Gasteiger partial charge >= 0.3 is 0 Å². The lowest BCUT2D eigenvalue weighted by Crippen LogP contribution is -2.36. The highest BCUT2D eigenvalue weighted by Crippen LogP contribution is 2.26. The Morgan fingerprint density at radius 3 is 2.80 bits per heavy atom. The number of rotatable bonds is 5. The fourth-order valence-electron chi connectivity index (χ4n) is 2.68. The Labute approximate surface area is 145 Å². The molecule has 0 spiro atoms. The van der Waals surface area contributed by atoms with Gasteiger partial charge in [-0.25, -0.2) is 9.97 Å². The molecular weight excluding hydrogens is 322 g/mol. The molecule has 1 aliphatic rings. The molecule has 25 heavy (non-hydrogen) atoms. The Morgan fingerprint density at radius 2 is 2.12 bits per heavy atom. The lowest BCUT2D eigenvalue weighted by atomic mass is 10.1. The van der Waals surface area contributed by atoms with Crippen molar-refractivity contribution in [3.8, 4) is 11.5 Å². The maximum Gasteiger partial charge on any atom is 0.132 e. The Bertz CT molecular complexity index is 760. The van der Waals surface area contributed by atoms with E-state index in [4.69, 9.17) is 15.3 Å². The SMILES string of the molecule is CCOc1ccc(/C(=N\N)c2cc(N3CCOCC3)ncn2)c(O)c1. The Balaban J connectivity index is 1.91. The smallest absolute Gasteiger partial charge is 0.132 e. The number of aromatic nitrogens is 2. The molecule has 2 heterocycles. The number of aromatic hydroxyl groups is 1. The fraction of sp³-hybridized carbons (Fsp3) is 0.353. The molecule has 1 aromatic heterocycles. The Kier molecular flexibility index (Phi) is 5.30. The van der Waals surface area contributed by atoms with E-state index in [1.165, 1.54) is 12.4 Å². The molecule has 0 atom stereocenters. The maximum absolute atomic E-state index is 10.3. The molecule has 1 saturated heterocycles. The van der Waals surface area contributed by atoms with Gasteiger partial charge in [-0.2, -0.15) is 5.10 Å². The van der Waals surface area contributed by atoms with E-state index in [-0.39, 0.29) is 5.75 Å². The first-order valence-electron chi connectivity index (χ1n) is 8.12. The molecule has 132 valence electrons. The van der Waals surface area contributed by atoms with Gasteiger partial charge in [0.15, 0.2) is 0 Å². The zero-order valence-corrected chi connectivity index (χ0v) is 14.1. The van der Waals surface area contributed by atoms with E-state index in [0.717, 1.165) is 18.9 Å². The van der Waals surface area contributed by atoms with Crippen LogP contribution in [-0.2, 0) is 4.74 Å². The van der Waals surface area contributed by atoms with Crippen LogP contribution in [0.5, 0.6) is 11.5 Å². The largest absolute Gasteiger partial charge is 0.507 e. The van der Waals surface area contributed by atoms with Crippen molar-refractivity contribution >= 4 is 11.5 Å². The number of nitrogens with two attached hydrogens (primary N) is 1. The van der Waals surface area contributed by atoms with Crippen LogP contribution >= 0.6 is 0 Å². The predicted molar refractivity (Wildman–Crippen MR) is 94.2 cm³/mol. The van der Waals surface area contributed by atoms with Gasteiger partial charge in [-0.3, -0.25) is 0 Å². The summed E-state index contributed by atoms with van der Waals surface area (Å²) in [6.07, 6.45) is 1.47. The average Bonchev–Trinajstić information content (AvgIpc) is 2.65. The van der Waals surface area contributed by atoms with E-state index in [1.54, 1.807) is 12.1 Å². The van der Waals surface area contributed by atoms with E-state index in [1.807, 2.05) is 13.0 Å². The van der Waals surface area contributed by atoms with Gasteiger partial charge in [-0.15, -0.1) is 0 Å². The average molecular weight is 343 g/mol. The number of nitrogens with zero attached hydrogens (tertiary/aromatic N) is 4. The van der Waals surface area contributed by atoms with Crippen molar-refractivity contribution in [2.75, 3.05) is 37.8 Å². The highest BCUT2D eigenvalue weighted by atomic mass is 16.5. The summed E-state index contributed by atoms with van der Waals surface area (Å²) in [6.45, 7) is 5.25. The van der Waals surface area contributed by atoms with Gasteiger partial charge in [0.05, 0.1) is 25.5 Å². The van der Waals surface area contributed by atoms with Crippen LogP contribution in [0.4, 0.5) is 5.82 Å². The normalized spacial score (nSPS) is 15.2. The maximum atomic E-state index is 10.3. The zero-order valence-electron chi connectivity index (χ0n) is 14.1. The second kappa shape index (κ2) is 7.80. The summed E-state index contributed by atoms with van der Waals surface area (Å²) in [7, 11) is 0. The minimum absolute atomic E-state index is 0.0293. The van der Waals surface area contributed by atoms with E-state index in [9.17, 15) is 5.11 Å². The predicted octanol–water partition coefficient (Wildman–Crippen LogP) is 1.13. The number of hydrogen-bond donors (Lipinski definition) is 2.